The molecule has 0 aromatic carbocycles. The van der Waals surface area contributed by atoms with Crippen LogP contribution < -0.4 is 51.2 Å². The van der Waals surface area contributed by atoms with Gasteiger partial charge >= 0.3 is 47.6 Å². The number of carbonyl (C=O) groups is 6. The molecule has 0 radical (unpaired) electrons. The van der Waals surface area contributed by atoms with E-state index in [1.165, 1.54) is 141 Å². The maximum Gasteiger partial charge on any atom is 1.00 e. The molecule has 2 atom stereocenters. The summed E-state index contributed by atoms with van der Waals surface area (Å²) in [5, 5.41) is 4.94. The average Bonchev–Trinajstić information content (AvgIpc) is 3.67. The summed E-state index contributed by atoms with van der Waals surface area (Å²) in [5.74, 6) is -2.27. The molecule has 0 spiro atoms. The first-order chi connectivity index (χ1) is 34.5. The zero-order chi connectivity index (χ0) is 51.9. The van der Waals surface area contributed by atoms with Crippen molar-refractivity contribution in [2.24, 2.45) is 0 Å². The summed E-state index contributed by atoms with van der Waals surface area (Å²) in [7, 11) is -4.92. The molecule has 5 N–H and O–H groups in total. The van der Waals surface area contributed by atoms with E-state index in [4.69, 9.17) is 28.0 Å². The van der Waals surface area contributed by atoms with E-state index in [9.17, 15) is 38.2 Å². The smallest absolute Gasteiger partial charge is 0.756 e. The van der Waals surface area contributed by atoms with Crippen molar-refractivity contribution in [2.45, 2.75) is 232 Å². The fourth-order valence-electron chi connectivity index (χ4n) is 7.98. The molecule has 1 rings (SSSR count). The molecule has 0 saturated carbocycles. The van der Waals surface area contributed by atoms with Gasteiger partial charge in [0.25, 0.3) is 19.6 Å². The summed E-state index contributed by atoms with van der Waals surface area (Å²) in [4.78, 5) is 86.0. The summed E-state index contributed by atoms with van der Waals surface area (Å²) >= 11 is 0. The van der Waals surface area contributed by atoms with Crippen molar-refractivity contribution in [3.05, 3.63) is 12.2 Å². The minimum atomic E-state index is -4.92. The van der Waals surface area contributed by atoms with E-state index in [1.54, 1.807) is 0 Å². The van der Waals surface area contributed by atoms with Crippen LogP contribution in [0.2, 0.25) is 0 Å². The number of ether oxygens (including phenoxy) is 4. The van der Waals surface area contributed by atoms with Crippen LogP contribution >= 0.6 is 7.82 Å². The SMILES string of the molecule is CCCCCCCCCCCCCCCCCC(=O)OC[C@H](COP(=O)([O-])OCCNC(=O)OCCOCCNC(=O)CCN1C(=O)C=CC1=O)OC(=O)CCCCCCCCCCCCCCCCC.N.[Na+]. The van der Waals surface area contributed by atoms with Gasteiger partial charge in [0.15, 0.2) is 6.10 Å². The minimum Gasteiger partial charge on any atom is -0.756 e. The van der Waals surface area contributed by atoms with Gasteiger partial charge in [0.05, 0.1) is 26.4 Å². The molecule has 0 saturated heterocycles. The summed E-state index contributed by atoms with van der Waals surface area (Å²) in [6.07, 6.45) is 36.7. The first kappa shape index (κ1) is 72.7. The molecule has 1 aliphatic rings. The van der Waals surface area contributed by atoms with Crippen molar-refractivity contribution in [3.63, 3.8) is 0 Å². The van der Waals surface area contributed by atoms with Crippen molar-refractivity contribution in [1.82, 2.24) is 21.7 Å². The fraction of sp³-hybridized carbons (Fsp3) is 0.849. The average molecular weight is 1070 g/mol. The van der Waals surface area contributed by atoms with E-state index in [-0.39, 0.29) is 107 Å². The third-order valence-corrected chi connectivity index (χ3v) is 13.2. The van der Waals surface area contributed by atoms with Gasteiger partial charge in [0.1, 0.15) is 13.2 Å². The van der Waals surface area contributed by atoms with Crippen LogP contribution in [0.1, 0.15) is 226 Å². The van der Waals surface area contributed by atoms with Crippen molar-refractivity contribution in [1.29, 1.82) is 0 Å². The molecule has 20 heteroatoms. The van der Waals surface area contributed by atoms with Gasteiger partial charge in [0, 0.05) is 51.0 Å². The molecule has 420 valence electrons. The molecule has 1 aliphatic heterocycles. The summed E-state index contributed by atoms with van der Waals surface area (Å²) in [6, 6.07) is 0. The number of unbranched alkanes of at least 4 members (excludes halogenated alkanes) is 28. The van der Waals surface area contributed by atoms with Crippen LogP contribution in [0.5, 0.6) is 0 Å². The third-order valence-electron chi connectivity index (χ3n) is 12.2. The van der Waals surface area contributed by atoms with Crippen LogP contribution in [-0.4, -0.2) is 106 Å². The predicted octanol–water partition coefficient (Wildman–Crippen LogP) is 7.81. The summed E-state index contributed by atoms with van der Waals surface area (Å²) in [6.45, 7) is 2.95. The maximum atomic E-state index is 12.8. The number of esters is 2. The van der Waals surface area contributed by atoms with Crippen LogP contribution in [0.15, 0.2) is 12.2 Å². The molecule has 4 amide bonds. The Balaban J connectivity index is 0. The van der Waals surface area contributed by atoms with Crippen molar-refractivity contribution < 1.29 is 95.8 Å². The number of phosphoric ester groups is 1. The number of imide groups is 1. The van der Waals surface area contributed by atoms with Crippen molar-refractivity contribution in [3.8, 4) is 0 Å². The zero-order valence-corrected chi connectivity index (χ0v) is 48.6. The first-order valence-electron chi connectivity index (χ1n) is 27.7. The van der Waals surface area contributed by atoms with Gasteiger partial charge in [-0.05, 0) is 12.8 Å². The Morgan fingerprint density at radius 1 is 0.534 bits per heavy atom. The van der Waals surface area contributed by atoms with E-state index in [1.807, 2.05) is 0 Å². The number of phosphoric acid groups is 1. The number of alkyl carbamates (subject to hydrolysis) is 1. The van der Waals surface area contributed by atoms with Gasteiger partial charge in [-0.25, -0.2) is 4.79 Å². The number of hydrogen-bond acceptors (Lipinski definition) is 15. The van der Waals surface area contributed by atoms with E-state index >= 15 is 0 Å². The Bertz CT molecular complexity index is 1480. The van der Waals surface area contributed by atoms with E-state index < -0.39 is 57.0 Å². The molecule has 0 fully saturated rings. The van der Waals surface area contributed by atoms with Crippen molar-refractivity contribution in [2.75, 3.05) is 59.3 Å². The van der Waals surface area contributed by atoms with E-state index in [0.717, 1.165) is 55.6 Å². The fourth-order valence-corrected chi connectivity index (χ4v) is 8.72. The number of nitrogens with zero attached hydrogens (tertiary/aromatic N) is 1. The summed E-state index contributed by atoms with van der Waals surface area (Å²) < 4.78 is 43.7. The number of hydrogen-bond donors (Lipinski definition) is 3. The van der Waals surface area contributed by atoms with Gasteiger partial charge in [-0.3, -0.25) is 33.4 Å². The van der Waals surface area contributed by atoms with Crippen LogP contribution in [-0.2, 0) is 56.5 Å². The maximum absolute atomic E-state index is 12.8. The molecule has 1 heterocycles. The quantitative estimate of drug-likeness (QED) is 0.0131. The molecule has 18 nitrogen and oxygen atoms in total. The Labute approximate surface area is 461 Å². The van der Waals surface area contributed by atoms with Crippen LogP contribution in [0.3, 0.4) is 0 Å². The number of amides is 4. The Morgan fingerprint density at radius 3 is 1.42 bits per heavy atom. The molecular weight excluding hydrogens is 971 g/mol. The molecule has 0 aromatic rings. The Hall–Kier alpha value is -2.41. The number of rotatable bonds is 51. The number of carbonyl (C=O) groups excluding carboxylic acids is 6. The van der Waals surface area contributed by atoms with Crippen LogP contribution in [0.25, 0.3) is 0 Å². The van der Waals surface area contributed by atoms with Gasteiger partial charge in [-0.1, -0.05) is 194 Å². The minimum absolute atomic E-state index is 0. The second-order valence-electron chi connectivity index (χ2n) is 18.7. The van der Waals surface area contributed by atoms with Crippen molar-refractivity contribution >= 4 is 43.6 Å². The Morgan fingerprint density at radius 2 is 0.959 bits per heavy atom. The van der Waals surface area contributed by atoms with E-state index in [2.05, 4.69) is 24.5 Å². The van der Waals surface area contributed by atoms with Crippen LogP contribution in [0.4, 0.5) is 4.79 Å². The second kappa shape index (κ2) is 51.7. The molecule has 73 heavy (non-hydrogen) atoms. The second-order valence-corrected chi connectivity index (χ2v) is 20.1. The van der Waals surface area contributed by atoms with Gasteiger partial charge < -0.3 is 49.7 Å². The van der Waals surface area contributed by atoms with Gasteiger partial charge in [0.2, 0.25) is 5.91 Å². The monoisotopic (exact) mass is 1070 g/mol. The largest absolute Gasteiger partial charge is 1.00 e. The van der Waals surface area contributed by atoms with Gasteiger partial charge in [-0.15, -0.1) is 0 Å². The molecule has 0 bridgehead atoms. The Kier molecular flexibility index (Phi) is 51.4. The normalized spacial score (nSPS) is 13.2. The third kappa shape index (κ3) is 46.6. The first-order valence-corrected chi connectivity index (χ1v) is 29.2. The molecule has 1 unspecified atom stereocenters. The zero-order valence-electron chi connectivity index (χ0n) is 45.7. The molecule has 0 aromatic heterocycles. The molecule has 0 aliphatic carbocycles. The predicted molar refractivity (Wildman–Crippen MR) is 278 cm³/mol. The topological polar surface area (TPSA) is 260 Å². The van der Waals surface area contributed by atoms with Gasteiger partial charge in [-0.2, -0.15) is 0 Å². The van der Waals surface area contributed by atoms with Crippen LogP contribution in [0, 0.1) is 0 Å². The molecular formula is C53H98N4NaO14P. The summed E-state index contributed by atoms with van der Waals surface area (Å²) in [5.41, 5.74) is 0. The standard InChI is InChI=1S/C53H96N3O14P.H3N.Na/c1-3-5-7-9-11-13-15-17-19-21-23-25-27-29-31-33-51(60)67-45-47(70-52(61)34-32-30-28-26-24-22-20-18-16-14-12-10-8-6-4-2)46-69-71(63,64)68-42-39-55-53(62)66-44-43-65-41-38-54-48(57)37-40-56-49(58)35-36-50(56)59;;/h35-36,47H,3-34,37-46H2,1-2H3,(H,54,57)(H,55,62)(H,63,64);1H3;/q;;+1/p-1/t47-;;/m1../s1. The number of nitrogens with one attached hydrogen (secondary N) is 2. The van der Waals surface area contributed by atoms with E-state index in [0.29, 0.717) is 12.8 Å².